The Bertz CT molecular complexity index is 874. The second kappa shape index (κ2) is 9.30. The first-order valence-corrected chi connectivity index (χ1v) is 12.4. The Hall–Kier alpha value is -1.87. The summed E-state index contributed by atoms with van der Waals surface area (Å²) >= 11 is 0. The summed E-state index contributed by atoms with van der Waals surface area (Å²) in [7, 11) is 2.41. The molecule has 4 nitrogen and oxygen atoms in total. The van der Waals surface area contributed by atoms with Gasteiger partial charge in [-0.25, -0.2) is 4.74 Å². The van der Waals surface area contributed by atoms with Crippen LogP contribution in [0.15, 0.2) is 77.2 Å². The summed E-state index contributed by atoms with van der Waals surface area (Å²) in [5, 5.41) is 1.36. The molecule has 0 bridgehead atoms. The molecule has 2 aliphatic rings. The molecule has 1 saturated heterocycles. The first-order chi connectivity index (χ1) is 14.2. The van der Waals surface area contributed by atoms with Crippen LogP contribution in [0.25, 0.3) is 0 Å². The van der Waals surface area contributed by atoms with Gasteiger partial charge in [0.2, 0.25) is 0 Å². The van der Waals surface area contributed by atoms with E-state index in [4.69, 9.17) is 9.48 Å². The Labute approximate surface area is 175 Å². The van der Waals surface area contributed by atoms with Crippen molar-refractivity contribution in [3.8, 4) is 0 Å². The molecule has 0 spiro atoms. The van der Waals surface area contributed by atoms with E-state index < -0.39 is 7.21 Å². The lowest BCUT2D eigenvalue weighted by Crippen LogP contribution is -2.42. The molecule has 0 saturated carbocycles. The highest BCUT2D eigenvalue weighted by Crippen LogP contribution is 2.61. The molecule has 0 aromatic heterocycles. The molecule has 5 heteroatoms. The van der Waals surface area contributed by atoms with E-state index in [1.165, 1.54) is 23.8 Å². The van der Waals surface area contributed by atoms with Gasteiger partial charge in [-0.3, -0.25) is 4.67 Å². The maximum absolute atomic E-state index is 5.65. The zero-order valence-electron chi connectivity index (χ0n) is 17.6. The van der Waals surface area contributed by atoms with Crippen LogP contribution in [0.1, 0.15) is 19.3 Å². The van der Waals surface area contributed by atoms with E-state index in [0.29, 0.717) is 5.66 Å². The van der Waals surface area contributed by atoms with Gasteiger partial charge in [-0.2, -0.15) is 0 Å². The SMILES string of the molecule is CN(C)P(=Nc1ccccc1)(c1ccccc1)C1CCCC=C1N1CCOCC1. The fourth-order valence-corrected chi connectivity index (χ4v) is 8.69. The maximum Gasteiger partial charge on any atom is 0.0750 e. The van der Waals surface area contributed by atoms with E-state index in [1.807, 2.05) is 0 Å². The lowest BCUT2D eigenvalue weighted by atomic mass is 10.0. The minimum Gasteiger partial charge on any atom is -0.378 e. The van der Waals surface area contributed by atoms with E-state index in [2.05, 4.69) is 90.4 Å². The number of rotatable bonds is 5. The van der Waals surface area contributed by atoms with Crippen LogP contribution >= 0.6 is 7.21 Å². The zero-order valence-corrected chi connectivity index (χ0v) is 18.5. The van der Waals surface area contributed by atoms with Gasteiger partial charge >= 0.3 is 0 Å². The average Bonchev–Trinajstić information content (AvgIpc) is 2.79. The molecule has 1 heterocycles. The summed E-state index contributed by atoms with van der Waals surface area (Å²) in [5.74, 6) is 0. The fourth-order valence-electron chi connectivity index (χ4n) is 4.60. The molecule has 0 amide bonds. The van der Waals surface area contributed by atoms with Gasteiger partial charge in [-0.15, -0.1) is 0 Å². The quantitative estimate of drug-likeness (QED) is 0.644. The van der Waals surface area contributed by atoms with Gasteiger partial charge < -0.3 is 9.64 Å². The summed E-state index contributed by atoms with van der Waals surface area (Å²) < 4.78 is 13.6. The second-order valence-corrected chi connectivity index (χ2v) is 11.4. The predicted octanol–water partition coefficient (Wildman–Crippen LogP) is 5.09. The largest absolute Gasteiger partial charge is 0.378 e. The van der Waals surface area contributed by atoms with Gasteiger partial charge in [-0.05, 0) is 45.5 Å². The highest BCUT2D eigenvalue weighted by molar-refractivity contribution is 7.72. The highest BCUT2D eigenvalue weighted by atomic mass is 31.2. The molecule has 1 aliphatic heterocycles. The monoisotopic (exact) mass is 409 g/mol. The fraction of sp³-hybridized carbons (Fsp3) is 0.417. The van der Waals surface area contributed by atoms with Crippen molar-refractivity contribution in [3.63, 3.8) is 0 Å². The number of allylic oxidation sites excluding steroid dienone is 2. The summed E-state index contributed by atoms with van der Waals surface area (Å²) in [6.07, 6.45) is 6.06. The number of benzene rings is 2. The van der Waals surface area contributed by atoms with Crippen molar-refractivity contribution in [2.45, 2.75) is 24.9 Å². The molecule has 0 N–H and O–H groups in total. The minimum absolute atomic E-state index is 0.409. The first kappa shape index (κ1) is 20.4. The molecule has 2 aromatic carbocycles. The van der Waals surface area contributed by atoms with Crippen molar-refractivity contribution in [3.05, 3.63) is 72.4 Å². The number of morpholine rings is 1. The summed E-state index contributed by atoms with van der Waals surface area (Å²) in [6, 6.07) is 21.5. The summed E-state index contributed by atoms with van der Waals surface area (Å²) in [5.41, 5.74) is 2.97. The Kier molecular flexibility index (Phi) is 6.54. The van der Waals surface area contributed by atoms with Gasteiger partial charge in [0, 0.05) is 24.1 Å². The van der Waals surface area contributed by atoms with Crippen LogP contribution in [0, 0.1) is 0 Å². The van der Waals surface area contributed by atoms with Crippen LogP contribution in [0.2, 0.25) is 0 Å². The zero-order chi connectivity index (χ0) is 20.1. The lowest BCUT2D eigenvalue weighted by molar-refractivity contribution is 0.0515. The standard InChI is InChI=1S/C24H32N3OP/c1-26(2)29(22-13-7-4-8-14-22,25-21-11-5-3-6-12-21)24-16-10-9-15-23(24)27-17-19-28-20-18-27/h3-8,11-15,24H,9-10,16-20H2,1-2H3. The Morgan fingerprint density at radius 2 is 1.62 bits per heavy atom. The number of hydrogen-bond donors (Lipinski definition) is 0. The van der Waals surface area contributed by atoms with E-state index in [1.54, 1.807) is 0 Å². The van der Waals surface area contributed by atoms with E-state index in [-0.39, 0.29) is 0 Å². The molecule has 29 heavy (non-hydrogen) atoms. The minimum atomic E-state index is -2.03. The number of nitrogens with zero attached hydrogens (tertiary/aromatic N) is 3. The van der Waals surface area contributed by atoms with Gasteiger partial charge in [0.25, 0.3) is 0 Å². The van der Waals surface area contributed by atoms with Crippen LogP contribution in [-0.2, 0) is 4.74 Å². The topological polar surface area (TPSA) is 28.1 Å². The van der Waals surface area contributed by atoms with Gasteiger partial charge in [-0.1, -0.05) is 54.6 Å². The third-order valence-electron chi connectivity index (χ3n) is 5.96. The Balaban J connectivity index is 1.90. The van der Waals surface area contributed by atoms with Crippen molar-refractivity contribution >= 4 is 18.2 Å². The first-order valence-electron chi connectivity index (χ1n) is 10.6. The lowest BCUT2D eigenvalue weighted by Gasteiger charge is -2.45. The molecule has 154 valence electrons. The van der Waals surface area contributed by atoms with Crippen molar-refractivity contribution in [1.82, 2.24) is 9.57 Å². The normalized spacial score (nSPS) is 22.1. The molecular weight excluding hydrogens is 377 g/mol. The van der Waals surface area contributed by atoms with Crippen LogP contribution in [-0.4, -0.2) is 55.6 Å². The molecule has 2 atom stereocenters. The maximum atomic E-state index is 5.65. The van der Waals surface area contributed by atoms with Crippen LogP contribution < -0.4 is 5.30 Å². The van der Waals surface area contributed by atoms with E-state index in [9.17, 15) is 0 Å². The van der Waals surface area contributed by atoms with E-state index >= 15 is 0 Å². The molecule has 1 fully saturated rings. The van der Waals surface area contributed by atoms with Crippen LogP contribution in [0.4, 0.5) is 5.69 Å². The van der Waals surface area contributed by atoms with Gasteiger partial charge in [0.05, 0.1) is 31.8 Å². The Morgan fingerprint density at radius 1 is 0.966 bits per heavy atom. The van der Waals surface area contributed by atoms with Gasteiger partial charge in [0.15, 0.2) is 0 Å². The molecule has 1 aliphatic carbocycles. The third-order valence-corrected chi connectivity index (χ3v) is 10.2. The summed E-state index contributed by atoms with van der Waals surface area (Å²) in [6.45, 7) is 3.60. The predicted molar refractivity (Wildman–Crippen MR) is 123 cm³/mol. The van der Waals surface area contributed by atoms with Crippen molar-refractivity contribution in [2.75, 3.05) is 40.4 Å². The van der Waals surface area contributed by atoms with Crippen molar-refractivity contribution in [2.24, 2.45) is 4.74 Å². The highest BCUT2D eigenvalue weighted by Gasteiger charge is 2.40. The smallest absolute Gasteiger partial charge is 0.0750 e. The summed E-state index contributed by atoms with van der Waals surface area (Å²) in [4.78, 5) is 2.56. The van der Waals surface area contributed by atoms with Crippen LogP contribution in [0.3, 0.4) is 0 Å². The molecule has 2 unspecified atom stereocenters. The average molecular weight is 410 g/mol. The molecule has 2 aromatic rings. The molecule has 0 radical (unpaired) electrons. The van der Waals surface area contributed by atoms with Crippen molar-refractivity contribution < 1.29 is 4.74 Å². The number of ether oxygens (including phenoxy) is 1. The van der Waals surface area contributed by atoms with Crippen molar-refractivity contribution in [1.29, 1.82) is 0 Å². The molecular formula is C24H32N3OP. The van der Waals surface area contributed by atoms with Gasteiger partial charge in [0.1, 0.15) is 0 Å². The van der Waals surface area contributed by atoms with E-state index in [0.717, 1.165) is 38.4 Å². The Morgan fingerprint density at radius 3 is 2.28 bits per heavy atom. The van der Waals surface area contributed by atoms with Crippen LogP contribution in [0.5, 0.6) is 0 Å². The second-order valence-electron chi connectivity index (χ2n) is 7.94. The number of hydrogen-bond acceptors (Lipinski definition) is 3. The third kappa shape index (κ3) is 4.21. The molecule has 4 rings (SSSR count).